The normalized spacial score (nSPS) is 10.5. The van der Waals surface area contributed by atoms with E-state index in [1.165, 1.54) is 6.92 Å². The first-order valence-corrected chi connectivity index (χ1v) is 10.5. The van der Waals surface area contributed by atoms with Gasteiger partial charge in [0.05, 0.1) is 18.1 Å². The Morgan fingerprint density at radius 2 is 1.91 bits per heavy atom. The predicted molar refractivity (Wildman–Crippen MR) is 125 cm³/mol. The molecule has 0 spiro atoms. The summed E-state index contributed by atoms with van der Waals surface area (Å²) < 4.78 is 5.36. The van der Waals surface area contributed by atoms with Crippen LogP contribution < -0.4 is 5.32 Å². The zero-order chi connectivity index (χ0) is 24.1. The fourth-order valence-corrected chi connectivity index (χ4v) is 3.48. The van der Waals surface area contributed by atoms with Gasteiger partial charge >= 0.3 is 5.97 Å². The average molecular weight is 452 g/mol. The molecule has 0 saturated heterocycles. The highest BCUT2D eigenvalue weighted by Gasteiger charge is 2.13. The standard InChI is InChI=1S/C26H20N4O4/c1-16(31)26(33)30-21-7-3-6-20(11-21)23-14-29-25-22(23)9-19(13-28-25)10-24(32)34-15-18-5-2-4-17(8-18)12-27/h2-9,11,13-14H,10,15H2,1H3,(H,28,29)(H,30,33). The molecule has 1 amide bonds. The van der Waals surface area contributed by atoms with Crippen LogP contribution in [-0.4, -0.2) is 27.6 Å². The monoisotopic (exact) mass is 452 g/mol. The number of nitrogens with one attached hydrogen (secondary N) is 2. The summed E-state index contributed by atoms with van der Waals surface area (Å²) in [5, 5.41) is 12.4. The molecule has 168 valence electrons. The van der Waals surface area contributed by atoms with E-state index >= 15 is 0 Å². The number of pyridine rings is 1. The molecule has 0 aliphatic rings. The number of ether oxygens (including phenoxy) is 1. The largest absolute Gasteiger partial charge is 0.461 e. The van der Waals surface area contributed by atoms with E-state index in [0.29, 0.717) is 22.5 Å². The summed E-state index contributed by atoms with van der Waals surface area (Å²) >= 11 is 0. The molecule has 0 radical (unpaired) electrons. The van der Waals surface area contributed by atoms with Gasteiger partial charge in [-0.15, -0.1) is 0 Å². The smallest absolute Gasteiger partial charge is 0.310 e. The summed E-state index contributed by atoms with van der Waals surface area (Å²) in [6, 6.07) is 17.9. The van der Waals surface area contributed by atoms with Gasteiger partial charge in [-0.25, -0.2) is 4.98 Å². The van der Waals surface area contributed by atoms with Gasteiger partial charge in [0.2, 0.25) is 5.78 Å². The minimum absolute atomic E-state index is 0.0419. The van der Waals surface area contributed by atoms with Gasteiger partial charge in [-0.3, -0.25) is 14.4 Å². The first kappa shape index (κ1) is 22.4. The molecule has 4 rings (SSSR count). The second kappa shape index (κ2) is 9.79. The number of ketones is 1. The highest BCUT2D eigenvalue weighted by atomic mass is 16.5. The van der Waals surface area contributed by atoms with Gasteiger partial charge in [0.25, 0.3) is 5.91 Å². The van der Waals surface area contributed by atoms with E-state index in [9.17, 15) is 14.4 Å². The maximum Gasteiger partial charge on any atom is 0.310 e. The van der Waals surface area contributed by atoms with Crippen molar-refractivity contribution in [3.8, 4) is 17.2 Å². The maximum atomic E-state index is 12.4. The molecule has 0 saturated carbocycles. The van der Waals surface area contributed by atoms with Crippen molar-refractivity contribution in [2.75, 3.05) is 5.32 Å². The van der Waals surface area contributed by atoms with Crippen molar-refractivity contribution in [3.63, 3.8) is 0 Å². The second-order valence-electron chi connectivity index (χ2n) is 7.68. The van der Waals surface area contributed by atoms with E-state index in [1.54, 1.807) is 54.9 Å². The van der Waals surface area contributed by atoms with Crippen LogP contribution in [0, 0.1) is 11.3 Å². The van der Waals surface area contributed by atoms with Crippen LogP contribution in [0.15, 0.2) is 67.0 Å². The Morgan fingerprint density at radius 3 is 2.71 bits per heavy atom. The number of aromatic nitrogens is 2. The second-order valence-corrected chi connectivity index (χ2v) is 7.68. The molecular formula is C26H20N4O4. The van der Waals surface area contributed by atoms with Crippen molar-refractivity contribution >= 4 is 34.4 Å². The van der Waals surface area contributed by atoms with E-state index in [1.807, 2.05) is 12.1 Å². The number of H-pyrrole nitrogens is 1. The Morgan fingerprint density at radius 1 is 1.09 bits per heavy atom. The highest BCUT2D eigenvalue weighted by molar-refractivity contribution is 6.39. The van der Waals surface area contributed by atoms with Crippen LogP contribution in [0.25, 0.3) is 22.2 Å². The fourth-order valence-electron chi connectivity index (χ4n) is 3.48. The number of nitrogens with zero attached hydrogens (tertiary/aromatic N) is 2. The molecule has 0 unspecified atom stereocenters. The Kier molecular flexibility index (Phi) is 6.46. The number of aromatic amines is 1. The Hall–Kier alpha value is -4.77. The zero-order valence-corrected chi connectivity index (χ0v) is 18.3. The zero-order valence-electron chi connectivity index (χ0n) is 18.3. The van der Waals surface area contributed by atoms with Gasteiger partial charge in [0.15, 0.2) is 0 Å². The lowest BCUT2D eigenvalue weighted by Crippen LogP contribution is -2.19. The summed E-state index contributed by atoms with van der Waals surface area (Å²) in [5.41, 5.74) is 4.74. The molecule has 0 aliphatic carbocycles. The number of Topliss-reactive ketones (excluding diaryl/α,β-unsaturated/α-hetero) is 1. The summed E-state index contributed by atoms with van der Waals surface area (Å²) in [5.74, 6) is -1.66. The van der Waals surface area contributed by atoms with E-state index in [-0.39, 0.29) is 13.0 Å². The molecule has 4 aromatic rings. The number of nitriles is 1. The van der Waals surface area contributed by atoms with Crippen molar-refractivity contribution in [1.82, 2.24) is 9.97 Å². The molecule has 0 bridgehead atoms. The molecule has 2 N–H and O–H groups in total. The lowest BCUT2D eigenvalue weighted by Gasteiger charge is -2.07. The fraction of sp³-hybridized carbons (Fsp3) is 0.115. The molecule has 2 aromatic carbocycles. The van der Waals surface area contributed by atoms with Crippen LogP contribution in [0.4, 0.5) is 5.69 Å². The molecular weight excluding hydrogens is 432 g/mol. The number of amides is 1. The molecule has 8 heteroatoms. The molecule has 0 atom stereocenters. The van der Waals surface area contributed by atoms with E-state index in [2.05, 4.69) is 21.4 Å². The summed E-state index contributed by atoms with van der Waals surface area (Å²) in [6.07, 6.45) is 3.46. The van der Waals surface area contributed by atoms with Gasteiger partial charge in [0, 0.05) is 36.0 Å². The summed E-state index contributed by atoms with van der Waals surface area (Å²) in [6.45, 7) is 1.29. The lowest BCUT2D eigenvalue weighted by molar-refractivity contribution is -0.144. The Labute approximate surface area is 195 Å². The first-order chi connectivity index (χ1) is 16.4. The third-order valence-corrected chi connectivity index (χ3v) is 5.14. The van der Waals surface area contributed by atoms with Gasteiger partial charge in [-0.05, 0) is 47.0 Å². The van der Waals surface area contributed by atoms with Gasteiger partial charge < -0.3 is 15.0 Å². The minimum Gasteiger partial charge on any atom is -0.461 e. The highest BCUT2D eigenvalue weighted by Crippen LogP contribution is 2.30. The molecule has 2 heterocycles. The summed E-state index contributed by atoms with van der Waals surface area (Å²) in [4.78, 5) is 42.8. The van der Waals surface area contributed by atoms with Crippen molar-refractivity contribution in [3.05, 3.63) is 83.7 Å². The van der Waals surface area contributed by atoms with Crippen LogP contribution in [0.2, 0.25) is 0 Å². The third-order valence-electron chi connectivity index (χ3n) is 5.14. The number of hydrogen-bond acceptors (Lipinski definition) is 6. The van der Waals surface area contributed by atoms with Crippen molar-refractivity contribution in [2.45, 2.75) is 20.0 Å². The van der Waals surface area contributed by atoms with Crippen LogP contribution in [-0.2, 0) is 32.1 Å². The van der Waals surface area contributed by atoms with Crippen molar-refractivity contribution in [2.24, 2.45) is 0 Å². The number of carbonyl (C=O) groups excluding carboxylic acids is 3. The lowest BCUT2D eigenvalue weighted by atomic mass is 10.0. The van der Waals surface area contributed by atoms with Crippen LogP contribution in [0.3, 0.4) is 0 Å². The SMILES string of the molecule is CC(=O)C(=O)Nc1cccc(-c2c[nH]c3ncc(CC(=O)OCc4cccc(C#N)c4)cc23)c1. The molecule has 0 aliphatic heterocycles. The number of benzene rings is 2. The summed E-state index contributed by atoms with van der Waals surface area (Å²) in [7, 11) is 0. The number of esters is 1. The van der Waals surface area contributed by atoms with E-state index in [4.69, 9.17) is 10.00 Å². The van der Waals surface area contributed by atoms with Crippen LogP contribution in [0.5, 0.6) is 0 Å². The Balaban J connectivity index is 1.50. The molecule has 0 fully saturated rings. The number of hydrogen-bond donors (Lipinski definition) is 2. The van der Waals surface area contributed by atoms with Crippen molar-refractivity contribution in [1.29, 1.82) is 5.26 Å². The molecule has 8 nitrogen and oxygen atoms in total. The number of carbonyl (C=O) groups is 3. The van der Waals surface area contributed by atoms with E-state index in [0.717, 1.165) is 22.1 Å². The van der Waals surface area contributed by atoms with E-state index < -0.39 is 17.7 Å². The predicted octanol–water partition coefficient (Wildman–Crippen LogP) is 3.91. The average Bonchev–Trinajstić information content (AvgIpc) is 3.26. The molecule has 34 heavy (non-hydrogen) atoms. The maximum absolute atomic E-state index is 12.4. The van der Waals surface area contributed by atoms with Gasteiger partial charge in [-0.1, -0.05) is 24.3 Å². The number of anilines is 1. The third kappa shape index (κ3) is 5.16. The van der Waals surface area contributed by atoms with Crippen molar-refractivity contribution < 1.29 is 19.1 Å². The minimum atomic E-state index is -0.683. The van der Waals surface area contributed by atoms with Gasteiger partial charge in [0.1, 0.15) is 12.3 Å². The molecule has 2 aromatic heterocycles. The quantitative estimate of drug-likeness (QED) is 0.323. The van der Waals surface area contributed by atoms with Gasteiger partial charge in [-0.2, -0.15) is 5.26 Å². The first-order valence-electron chi connectivity index (χ1n) is 10.5. The topological polar surface area (TPSA) is 125 Å². The van der Waals surface area contributed by atoms with Crippen LogP contribution >= 0.6 is 0 Å². The number of rotatable bonds is 7. The Bertz CT molecular complexity index is 1450. The number of fused-ring (bicyclic) bond motifs is 1. The van der Waals surface area contributed by atoms with Crippen LogP contribution in [0.1, 0.15) is 23.6 Å².